The van der Waals surface area contributed by atoms with Crippen molar-refractivity contribution >= 4 is 11.9 Å². The molecule has 0 bridgehead atoms. The van der Waals surface area contributed by atoms with Gasteiger partial charge in [-0.15, -0.1) is 0 Å². The predicted octanol–water partition coefficient (Wildman–Crippen LogP) is 7.16. The first-order valence-electron chi connectivity index (χ1n) is 11.6. The molecule has 0 amide bonds. The molecule has 4 heteroatoms. The fourth-order valence-corrected chi connectivity index (χ4v) is 3.43. The average Bonchev–Trinajstić information content (AvgIpc) is 2.65. The van der Waals surface area contributed by atoms with Crippen LogP contribution in [0.1, 0.15) is 100.0 Å². The second-order valence-corrected chi connectivity index (χ2v) is 11.7. The van der Waals surface area contributed by atoms with E-state index in [0.717, 1.165) is 24.8 Å². The third-order valence-electron chi connectivity index (χ3n) is 5.67. The van der Waals surface area contributed by atoms with E-state index >= 15 is 0 Å². The normalized spacial score (nSPS) is 14.6. The highest BCUT2D eigenvalue weighted by atomic mass is 16.5. The molecule has 0 spiro atoms. The van der Waals surface area contributed by atoms with Crippen molar-refractivity contribution in [3.8, 4) is 5.75 Å². The molecule has 0 aliphatic heterocycles. The van der Waals surface area contributed by atoms with E-state index in [4.69, 9.17) is 9.47 Å². The van der Waals surface area contributed by atoms with Crippen LogP contribution < -0.4 is 4.74 Å². The van der Waals surface area contributed by atoms with E-state index in [0.29, 0.717) is 18.3 Å². The maximum atomic E-state index is 12.6. The zero-order valence-corrected chi connectivity index (χ0v) is 21.4. The highest BCUT2D eigenvalue weighted by Gasteiger charge is 2.32. The first kappa shape index (κ1) is 27.2. The second kappa shape index (κ2) is 10.7. The molecule has 0 heterocycles. The van der Waals surface area contributed by atoms with Crippen molar-refractivity contribution < 1.29 is 19.1 Å². The number of hydrogen-bond acceptors (Lipinski definition) is 4. The van der Waals surface area contributed by atoms with Gasteiger partial charge >= 0.3 is 11.9 Å². The SMILES string of the molecule is CCC(c1ccccc1OC(=O)C(C)(C)C)C(C)CCC(C)(C)C(=O)OCC(C)(C)C. The van der Waals surface area contributed by atoms with Crippen molar-refractivity contribution in [1.82, 2.24) is 0 Å². The summed E-state index contributed by atoms with van der Waals surface area (Å²) in [6.45, 7) is 20.5. The number of carbonyl (C=O) groups is 2. The summed E-state index contributed by atoms with van der Waals surface area (Å²) in [6, 6.07) is 7.83. The Morgan fingerprint density at radius 1 is 0.935 bits per heavy atom. The summed E-state index contributed by atoms with van der Waals surface area (Å²) < 4.78 is 11.4. The summed E-state index contributed by atoms with van der Waals surface area (Å²) in [7, 11) is 0. The van der Waals surface area contributed by atoms with Gasteiger partial charge in [-0.25, -0.2) is 0 Å². The number of esters is 2. The number of ether oxygens (including phenoxy) is 2. The minimum Gasteiger partial charge on any atom is -0.465 e. The molecule has 0 aliphatic carbocycles. The van der Waals surface area contributed by atoms with E-state index in [1.807, 2.05) is 52.8 Å². The van der Waals surface area contributed by atoms with Gasteiger partial charge in [0.1, 0.15) is 5.75 Å². The van der Waals surface area contributed by atoms with Crippen LogP contribution >= 0.6 is 0 Å². The van der Waals surface area contributed by atoms with E-state index in [9.17, 15) is 9.59 Å². The third kappa shape index (κ3) is 8.66. The van der Waals surface area contributed by atoms with Crippen LogP contribution in [-0.2, 0) is 14.3 Å². The van der Waals surface area contributed by atoms with Crippen LogP contribution in [0.2, 0.25) is 0 Å². The molecule has 176 valence electrons. The van der Waals surface area contributed by atoms with E-state index in [2.05, 4.69) is 40.7 Å². The van der Waals surface area contributed by atoms with Crippen molar-refractivity contribution in [2.24, 2.45) is 22.2 Å². The van der Waals surface area contributed by atoms with Gasteiger partial charge in [-0.3, -0.25) is 9.59 Å². The van der Waals surface area contributed by atoms with Gasteiger partial charge in [-0.2, -0.15) is 0 Å². The van der Waals surface area contributed by atoms with E-state index in [1.165, 1.54) is 0 Å². The van der Waals surface area contributed by atoms with Crippen LogP contribution in [-0.4, -0.2) is 18.5 Å². The van der Waals surface area contributed by atoms with Crippen LogP contribution in [0.25, 0.3) is 0 Å². The smallest absolute Gasteiger partial charge is 0.316 e. The summed E-state index contributed by atoms with van der Waals surface area (Å²) in [6.07, 6.45) is 2.56. The van der Waals surface area contributed by atoms with Gasteiger partial charge in [0.15, 0.2) is 0 Å². The van der Waals surface area contributed by atoms with Crippen molar-refractivity contribution in [3.63, 3.8) is 0 Å². The lowest BCUT2D eigenvalue weighted by atomic mass is 9.78. The summed E-state index contributed by atoms with van der Waals surface area (Å²) in [4.78, 5) is 25.1. The standard InChI is InChI=1S/C27H44O4/c1-11-20(21-14-12-13-15-22(21)31-23(28)26(6,7)8)19(2)16-17-27(9,10)24(29)30-18-25(3,4)5/h12-15,19-20H,11,16-18H2,1-10H3. The van der Waals surface area contributed by atoms with Crippen molar-refractivity contribution in [2.45, 2.75) is 94.4 Å². The number of para-hydroxylation sites is 1. The Hall–Kier alpha value is -1.84. The molecule has 1 aromatic carbocycles. The minimum absolute atomic E-state index is 0.0411. The van der Waals surface area contributed by atoms with Crippen LogP contribution in [0.5, 0.6) is 5.75 Å². The molecule has 1 rings (SSSR count). The maximum absolute atomic E-state index is 12.6. The Morgan fingerprint density at radius 2 is 1.52 bits per heavy atom. The summed E-state index contributed by atoms with van der Waals surface area (Å²) >= 11 is 0. The molecular formula is C27H44O4. The molecule has 0 radical (unpaired) electrons. The molecule has 1 aromatic rings. The van der Waals surface area contributed by atoms with Gasteiger partial charge in [0.2, 0.25) is 0 Å². The Bertz CT molecular complexity index is 734. The number of rotatable bonds is 9. The highest BCUT2D eigenvalue weighted by molar-refractivity contribution is 5.78. The summed E-state index contributed by atoms with van der Waals surface area (Å²) in [5, 5.41) is 0. The van der Waals surface area contributed by atoms with Crippen LogP contribution in [0.4, 0.5) is 0 Å². The van der Waals surface area contributed by atoms with Gasteiger partial charge < -0.3 is 9.47 Å². The van der Waals surface area contributed by atoms with Crippen LogP contribution in [0, 0.1) is 22.2 Å². The lowest BCUT2D eigenvalue weighted by Crippen LogP contribution is -2.30. The van der Waals surface area contributed by atoms with Gasteiger partial charge in [-0.1, -0.05) is 52.8 Å². The maximum Gasteiger partial charge on any atom is 0.316 e. The fourth-order valence-electron chi connectivity index (χ4n) is 3.43. The van der Waals surface area contributed by atoms with Gasteiger partial charge in [0.25, 0.3) is 0 Å². The number of benzene rings is 1. The van der Waals surface area contributed by atoms with Crippen molar-refractivity contribution in [3.05, 3.63) is 29.8 Å². The van der Waals surface area contributed by atoms with Crippen molar-refractivity contribution in [1.29, 1.82) is 0 Å². The number of carbonyl (C=O) groups excluding carboxylic acids is 2. The van der Waals surface area contributed by atoms with Crippen LogP contribution in [0.15, 0.2) is 24.3 Å². The second-order valence-electron chi connectivity index (χ2n) is 11.7. The van der Waals surface area contributed by atoms with Crippen molar-refractivity contribution in [2.75, 3.05) is 6.61 Å². The lowest BCUT2D eigenvalue weighted by Gasteiger charge is -2.30. The molecule has 31 heavy (non-hydrogen) atoms. The van der Waals surface area contributed by atoms with E-state index < -0.39 is 10.8 Å². The molecule has 0 saturated heterocycles. The Kier molecular flexibility index (Phi) is 9.34. The average molecular weight is 433 g/mol. The first-order valence-corrected chi connectivity index (χ1v) is 11.6. The van der Waals surface area contributed by atoms with Crippen LogP contribution in [0.3, 0.4) is 0 Å². The summed E-state index contributed by atoms with van der Waals surface area (Å²) in [5.74, 6) is 0.844. The van der Waals surface area contributed by atoms with Gasteiger partial charge in [-0.05, 0) is 82.8 Å². The molecule has 0 aromatic heterocycles. The topological polar surface area (TPSA) is 52.6 Å². The largest absolute Gasteiger partial charge is 0.465 e. The molecule has 2 unspecified atom stereocenters. The van der Waals surface area contributed by atoms with Gasteiger partial charge in [0.05, 0.1) is 17.4 Å². The lowest BCUT2D eigenvalue weighted by molar-refractivity contribution is -0.157. The van der Waals surface area contributed by atoms with Gasteiger partial charge in [0, 0.05) is 0 Å². The quantitative estimate of drug-likeness (QED) is 0.307. The van der Waals surface area contributed by atoms with E-state index in [1.54, 1.807) is 0 Å². The third-order valence-corrected chi connectivity index (χ3v) is 5.67. The molecule has 0 fully saturated rings. The first-order chi connectivity index (χ1) is 14.1. The predicted molar refractivity (Wildman–Crippen MR) is 127 cm³/mol. The molecule has 0 N–H and O–H groups in total. The summed E-state index contributed by atoms with van der Waals surface area (Å²) in [5.41, 5.74) is -0.0720. The fraction of sp³-hybridized carbons (Fsp3) is 0.704. The number of hydrogen-bond donors (Lipinski definition) is 0. The molecular weight excluding hydrogens is 388 g/mol. The monoisotopic (exact) mass is 432 g/mol. The Morgan fingerprint density at radius 3 is 2.03 bits per heavy atom. The zero-order valence-electron chi connectivity index (χ0n) is 21.4. The zero-order chi connectivity index (χ0) is 24.0. The molecule has 0 aliphatic rings. The minimum atomic E-state index is -0.558. The Balaban J connectivity index is 2.90. The molecule has 0 saturated carbocycles. The molecule has 4 nitrogen and oxygen atoms in total. The van der Waals surface area contributed by atoms with E-state index in [-0.39, 0.29) is 23.3 Å². The Labute approximate surface area is 190 Å². The highest BCUT2D eigenvalue weighted by Crippen LogP contribution is 2.39. The molecule has 2 atom stereocenters.